The van der Waals surface area contributed by atoms with Crippen molar-refractivity contribution >= 4 is 11.8 Å². The number of rotatable bonds is 3. The van der Waals surface area contributed by atoms with Gasteiger partial charge in [0.25, 0.3) is 11.8 Å². The molecule has 1 atom stereocenters. The van der Waals surface area contributed by atoms with Crippen LogP contribution in [-0.2, 0) is 18.5 Å². The van der Waals surface area contributed by atoms with Gasteiger partial charge in [-0.1, -0.05) is 0 Å². The Labute approximate surface area is 180 Å². The van der Waals surface area contributed by atoms with E-state index in [1.165, 1.54) is 0 Å². The number of hydrogen-bond donors (Lipinski definition) is 2. The fourth-order valence-corrected chi connectivity index (χ4v) is 5.34. The summed E-state index contributed by atoms with van der Waals surface area (Å²) < 4.78 is 42.6. The summed E-state index contributed by atoms with van der Waals surface area (Å²) in [5, 5.41) is 12.9. The average molecular weight is 447 g/mol. The Kier molecular flexibility index (Phi) is 4.58. The molecule has 168 valence electrons. The molecule has 0 unspecified atom stereocenters. The summed E-state index contributed by atoms with van der Waals surface area (Å²) >= 11 is 0. The smallest absolute Gasteiger partial charge is 0.274 e. The lowest BCUT2D eigenvalue weighted by Crippen LogP contribution is -2.52. The van der Waals surface area contributed by atoms with Crippen molar-refractivity contribution in [2.45, 2.75) is 44.2 Å². The predicted octanol–water partition coefficient (Wildman–Crippen LogP) is 2.18. The molecule has 0 radical (unpaired) electrons. The molecule has 0 saturated carbocycles. The van der Waals surface area contributed by atoms with Crippen LogP contribution in [0.2, 0.25) is 0 Å². The molecule has 1 saturated heterocycles. The predicted molar refractivity (Wildman–Crippen MR) is 106 cm³/mol. The highest BCUT2D eigenvalue weighted by atomic mass is 19.1. The van der Waals surface area contributed by atoms with Crippen LogP contribution in [0.3, 0.4) is 0 Å². The summed E-state index contributed by atoms with van der Waals surface area (Å²) in [7, 11) is 0. The molecule has 2 N–H and O–H groups in total. The second-order valence-corrected chi connectivity index (χ2v) is 8.62. The number of carbonyl (C=O) groups excluding carboxylic acids is 2. The molecule has 32 heavy (non-hydrogen) atoms. The Bertz CT molecular complexity index is 1220. The summed E-state index contributed by atoms with van der Waals surface area (Å²) in [6.45, 7) is 0.373. The van der Waals surface area contributed by atoms with E-state index in [4.69, 9.17) is 0 Å². The maximum Gasteiger partial charge on any atom is 0.274 e. The van der Waals surface area contributed by atoms with Gasteiger partial charge < -0.3 is 19.9 Å². The van der Waals surface area contributed by atoms with Gasteiger partial charge in [-0.25, -0.2) is 13.2 Å². The number of nitrogens with one attached hydrogen (secondary N) is 1. The van der Waals surface area contributed by atoms with E-state index in [1.54, 1.807) is 9.47 Å². The zero-order chi connectivity index (χ0) is 22.8. The van der Waals surface area contributed by atoms with Gasteiger partial charge in [0.05, 0.1) is 5.54 Å². The van der Waals surface area contributed by atoms with Crippen LogP contribution in [-0.4, -0.2) is 39.5 Å². The molecular formula is C22H20F3N3O4. The molecule has 1 aromatic carbocycles. The van der Waals surface area contributed by atoms with Crippen molar-refractivity contribution < 1.29 is 27.9 Å². The molecule has 2 bridgehead atoms. The Hall–Kier alpha value is -3.30. The van der Waals surface area contributed by atoms with Crippen LogP contribution in [0.25, 0.3) is 0 Å². The van der Waals surface area contributed by atoms with Crippen molar-refractivity contribution in [3.05, 3.63) is 62.3 Å². The lowest BCUT2D eigenvalue weighted by Gasteiger charge is -2.41. The van der Waals surface area contributed by atoms with Crippen molar-refractivity contribution in [2.24, 2.45) is 0 Å². The number of amides is 2. The normalized spacial score (nSPS) is 21.3. The SMILES string of the molecule is O=C(NCc1c(F)cc(F)cc1F)c1c2n3c(c(O)c1=O)C(=O)N1CCCC[C@@]3(CC2)C1. The molecule has 1 fully saturated rings. The maximum atomic E-state index is 13.9. The Morgan fingerprint density at radius 3 is 2.56 bits per heavy atom. The number of pyridine rings is 1. The number of nitrogens with zero attached hydrogens (tertiary/aromatic N) is 2. The third-order valence-corrected chi connectivity index (χ3v) is 6.80. The highest BCUT2D eigenvalue weighted by Gasteiger charge is 2.50. The summed E-state index contributed by atoms with van der Waals surface area (Å²) in [5.41, 5.74) is -2.13. The van der Waals surface area contributed by atoms with Crippen molar-refractivity contribution in [1.29, 1.82) is 0 Å². The standard InChI is InChI=1S/C22H20F3N3O4/c23-11-7-13(24)12(14(25)8-11)9-26-20(31)16-15-3-5-22-4-1-2-6-27(10-22)21(32)17(28(15)22)19(30)18(16)29/h7-8,30H,1-6,9-10H2,(H,26,31)/t22-/m1/s1. The Morgan fingerprint density at radius 1 is 1.12 bits per heavy atom. The van der Waals surface area contributed by atoms with Crippen LogP contribution in [0, 0.1) is 17.5 Å². The maximum absolute atomic E-state index is 13.9. The number of halogens is 3. The summed E-state index contributed by atoms with van der Waals surface area (Å²) in [6.07, 6.45) is 3.37. The monoisotopic (exact) mass is 447 g/mol. The lowest BCUT2D eigenvalue weighted by atomic mass is 9.89. The fraction of sp³-hybridized carbons (Fsp3) is 0.409. The first-order chi connectivity index (χ1) is 15.2. The molecule has 2 amide bonds. The Morgan fingerprint density at radius 2 is 1.84 bits per heavy atom. The molecule has 4 heterocycles. The number of aromatic nitrogens is 1. The van der Waals surface area contributed by atoms with E-state index in [1.807, 2.05) is 0 Å². The van der Waals surface area contributed by atoms with Gasteiger partial charge in [0.15, 0.2) is 11.4 Å². The van der Waals surface area contributed by atoms with E-state index in [0.29, 0.717) is 43.8 Å². The van der Waals surface area contributed by atoms with E-state index < -0.39 is 58.1 Å². The highest BCUT2D eigenvalue weighted by molar-refractivity contribution is 6.00. The minimum Gasteiger partial charge on any atom is -0.503 e. The summed E-state index contributed by atoms with van der Waals surface area (Å²) in [4.78, 5) is 40.5. The number of benzene rings is 1. The summed E-state index contributed by atoms with van der Waals surface area (Å²) in [6, 6.07) is 0.994. The summed E-state index contributed by atoms with van der Waals surface area (Å²) in [5.74, 6) is -5.57. The second kappa shape index (κ2) is 7.11. The topological polar surface area (TPSA) is 91.6 Å². The largest absolute Gasteiger partial charge is 0.503 e. The third-order valence-electron chi connectivity index (χ3n) is 6.80. The Balaban J connectivity index is 1.57. The van der Waals surface area contributed by atoms with Gasteiger partial charge in [0.2, 0.25) is 5.43 Å². The third kappa shape index (κ3) is 2.85. The molecule has 7 nitrogen and oxygen atoms in total. The molecule has 0 aliphatic carbocycles. The fourth-order valence-electron chi connectivity index (χ4n) is 5.34. The zero-order valence-electron chi connectivity index (χ0n) is 17.0. The van der Waals surface area contributed by atoms with Gasteiger partial charge >= 0.3 is 0 Å². The number of carbonyl (C=O) groups is 2. The van der Waals surface area contributed by atoms with Crippen LogP contribution in [0.1, 0.15) is 57.8 Å². The first-order valence-corrected chi connectivity index (χ1v) is 10.5. The molecule has 3 aliphatic rings. The van der Waals surface area contributed by atoms with Crippen molar-refractivity contribution in [1.82, 2.24) is 14.8 Å². The average Bonchev–Trinajstić information content (AvgIpc) is 2.97. The minimum atomic E-state index is -1.17. The van der Waals surface area contributed by atoms with Gasteiger partial charge in [0.1, 0.15) is 23.0 Å². The van der Waals surface area contributed by atoms with Crippen LogP contribution in [0.5, 0.6) is 5.75 Å². The van der Waals surface area contributed by atoms with E-state index in [9.17, 15) is 32.7 Å². The molecule has 10 heteroatoms. The minimum absolute atomic E-state index is 0.0946. The molecule has 1 aromatic heterocycles. The molecular weight excluding hydrogens is 427 g/mol. The van der Waals surface area contributed by atoms with Crippen LogP contribution < -0.4 is 10.7 Å². The first kappa shape index (κ1) is 20.6. The van der Waals surface area contributed by atoms with Crippen molar-refractivity contribution in [3.63, 3.8) is 0 Å². The van der Waals surface area contributed by atoms with Crippen LogP contribution in [0.15, 0.2) is 16.9 Å². The molecule has 5 rings (SSSR count). The van der Waals surface area contributed by atoms with E-state index >= 15 is 0 Å². The number of hydrogen-bond acceptors (Lipinski definition) is 4. The van der Waals surface area contributed by atoms with E-state index in [0.717, 1.165) is 19.3 Å². The molecule has 1 spiro atoms. The van der Waals surface area contributed by atoms with Gasteiger partial charge in [-0.2, -0.15) is 0 Å². The van der Waals surface area contributed by atoms with Crippen molar-refractivity contribution in [2.75, 3.05) is 13.1 Å². The van der Waals surface area contributed by atoms with E-state index in [2.05, 4.69) is 5.32 Å². The van der Waals surface area contributed by atoms with E-state index in [-0.39, 0.29) is 11.3 Å². The van der Waals surface area contributed by atoms with Crippen molar-refractivity contribution in [3.8, 4) is 5.75 Å². The molecule has 3 aliphatic heterocycles. The zero-order valence-corrected chi connectivity index (χ0v) is 17.0. The first-order valence-electron chi connectivity index (χ1n) is 10.5. The number of fused-ring (bicyclic) bond motifs is 1. The quantitative estimate of drug-likeness (QED) is 0.755. The van der Waals surface area contributed by atoms with Crippen LogP contribution >= 0.6 is 0 Å². The van der Waals surface area contributed by atoms with Gasteiger partial charge in [-0.3, -0.25) is 14.4 Å². The van der Waals surface area contributed by atoms with Gasteiger partial charge in [-0.15, -0.1) is 0 Å². The molecule has 2 aromatic rings. The van der Waals surface area contributed by atoms with Gasteiger partial charge in [0, 0.05) is 43.0 Å². The lowest BCUT2D eigenvalue weighted by molar-refractivity contribution is 0.0584. The second-order valence-electron chi connectivity index (χ2n) is 8.62. The van der Waals surface area contributed by atoms with Gasteiger partial charge in [-0.05, 0) is 32.1 Å². The highest BCUT2D eigenvalue weighted by Crippen LogP contribution is 2.45. The number of aromatic hydroxyl groups is 1. The van der Waals surface area contributed by atoms with Crippen LogP contribution in [0.4, 0.5) is 13.2 Å².